The van der Waals surface area contributed by atoms with Crippen LogP contribution in [-0.4, -0.2) is 22.2 Å². The van der Waals surface area contributed by atoms with E-state index in [4.69, 9.17) is 4.74 Å². The number of benzene rings is 1. The predicted octanol–water partition coefficient (Wildman–Crippen LogP) is 4.33. The first-order valence-corrected chi connectivity index (χ1v) is 8.53. The van der Waals surface area contributed by atoms with Crippen LogP contribution in [0.1, 0.15) is 59.0 Å². The zero-order chi connectivity index (χ0) is 16.9. The lowest BCUT2D eigenvalue weighted by molar-refractivity contribution is -0.0547. The number of aryl methyl sites for hydroxylation is 1. The topological polar surface area (TPSA) is 59.4 Å². The van der Waals surface area contributed by atoms with Gasteiger partial charge in [-0.05, 0) is 56.2 Å². The minimum atomic E-state index is -0.894. The Morgan fingerprint density at radius 2 is 2.04 bits per heavy atom. The van der Waals surface area contributed by atoms with Crippen molar-refractivity contribution in [3.8, 4) is 0 Å². The number of hydrogen-bond acceptors (Lipinski definition) is 3. The van der Waals surface area contributed by atoms with Gasteiger partial charge in [0.05, 0.1) is 17.8 Å². The summed E-state index contributed by atoms with van der Waals surface area (Å²) in [7, 11) is 0. The van der Waals surface area contributed by atoms with Gasteiger partial charge in [0.15, 0.2) is 0 Å². The molecule has 1 fully saturated rings. The van der Waals surface area contributed by atoms with E-state index in [0.717, 1.165) is 43.4 Å². The number of aromatic carboxylic acids is 1. The minimum Gasteiger partial charge on any atom is -0.478 e. The van der Waals surface area contributed by atoms with Gasteiger partial charge in [-0.15, -0.1) is 0 Å². The number of aromatic nitrogens is 1. The second-order valence-electron chi connectivity index (χ2n) is 6.36. The molecule has 1 aliphatic heterocycles. The van der Waals surface area contributed by atoms with Gasteiger partial charge in [0.1, 0.15) is 0 Å². The summed E-state index contributed by atoms with van der Waals surface area (Å²) in [5, 5.41) is 9.22. The number of pyridine rings is 1. The Kier molecular flexibility index (Phi) is 5.26. The van der Waals surface area contributed by atoms with Crippen molar-refractivity contribution >= 4 is 5.97 Å². The number of nitrogens with zero attached hydrogens (tertiary/aromatic N) is 1. The first kappa shape index (κ1) is 16.7. The van der Waals surface area contributed by atoms with Crippen LogP contribution in [0.15, 0.2) is 42.6 Å². The standard InChI is InChI=1S/C20H23NO3/c1-14-17(20(22)23)12-13-21-18(14)11-10-16-8-5-9-19(24-16)15-6-3-2-4-7-15/h2-4,6-7,12-13,16,19H,5,8-11H2,1H3,(H,22,23)/t16-,19+/m1/s1. The number of carboxylic acids is 1. The fourth-order valence-electron chi connectivity index (χ4n) is 3.39. The highest BCUT2D eigenvalue weighted by Gasteiger charge is 2.24. The first-order valence-electron chi connectivity index (χ1n) is 8.53. The summed E-state index contributed by atoms with van der Waals surface area (Å²) in [4.78, 5) is 15.6. The van der Waals surface area contributed by atoms with Gasteiger partial charge < -0.3 is 9.84 Å². The Labute approximate surface area is 142 Å². The van der Waals surface area contributed by atoms with E-state index < -0.39 is 5.97 Å². The monoisotopic (exact) mass is 325 g/mol. The van der Waals surface area contributed by atoms with Crippen molar-refractivity contribution in [3.05, 3.63) is 65.0 Å². The van der Waals surface area contributed by atoms with Crippen LogP contribution in [-0.2, 0) is 11.2 Å². The smallest absolute Gasteiger partial charge is 0.336 e. The molecule has 1 N–H and O–H groups in total. The third kappa shape index (κ3) is 3.82. The zero-order valence-corrected chi connectivity index (χ0v) is 13.9. The van der Waals surface area contributed by atoms with Crippen LogP contribution in [0.4, 0.5) is 0 Å². The molecule has 4 nitrogen and oxygen atoms in total. The van der Waals surface area contributed by atoms with Crippen molar-refractivity contribution in [1.29, 1.82) is 0 Å². The number of carboxylic acid groups (broad SMARTS) is 1. The lowest BCUT2D eigenvalue weighted by Crippen LogP contribution is -2.23. The molecule has 0 radical (unpaired) electrons. The molecule has 0 unspecified atom stereocenters. The quantitative estimate of drug-likeness (QED) is 0.889. The lowest BCUT2D eigenvalue weighted by Gasteiger charge is -2.30. The second kappa shape index (κ2) is 7.58. The van der Waals surface area contributed by atoms with Crippen molar-refractivity contribution in [2.24, 2.45) is 0 Å². The maximum Gasteiger partial charge on any atom is 0.336 e. The van der Waals surface area contributed by atoms with Gasteiger partial charge in [-0.25, -0.2) is 4.79 Å². The normalized spacial score (nSPS) is 20.7. The van der Waals surface area contributed by atoms with Crippen LogP contribution in [0, 0.1) is 6.92 Å². The lowest BCUT2D eigenvalue weighted by atomic mass is 9.95. The van der Waals surface area contributed by atoms with Crippen molar-refractivity contribution < 1.29 is 14.6 Å². The SMILES string of the molecule is Cc1c(C(=O)O)ccnc1CC[C@H]1CCC[C@@H](c2ccccc2)O1. The summed E-state index contributed by atoms with van der Waals surface area (Å²) < 4.78 is 6.27. The predicted molar refractivity (Wildman–Crippen MR) is 92.2 cm³/mol. The molecule has 24 heavy (non-hydrogen) atoms. The molecule has 0 saturated carbocycles. The van der Waals surface area contributed by atoms with Crippen molar-refractivity contribution in [1.82, 2.24) is 4.98 Å². The Hall–Kier alpha value is -2.20. The molecule has 0 bridgehead atoms. The van der Waals surface area contributed by atoms with Gasteiger partial charge in [0.25, 0.3) is 0 Å². The van der Waals surface area contributed by atoms with Gasteiger partial charge in [-0.2, -0.15) is 0 Å². The summed E-state index contributed by atoms with van der Waals surface area (Å²) in [6, 6.07) is 11.9. The molecule has 2 atom stereocenters. The number of rotatable bonds is 5. The summed E-state index contributed by atoms with van der Waals surface area (Å²) >= 11 is 0. The minimum absolute atomic E-state index is 0.171. The molecular formula is C20H23NO3. The average Bonchev–Trinajstić information content (AvgIpc) is 2.61. The molecule has 1 aromatic heterocycles. The Morgan fingerprint density at radius 1 is 1.25 bits per heavy atom. The maximum atomic E-state index is 11.2. The third-order valence-corrected chi connectivity index (χ3v) is 4.76. The van der Waals surface area contributed by atoms with Crippen LogP contribution in [0.2, 0.25) is 0 Å². The maximum absolute atomic E-state index is 11.2. The van der Waals surface area contributed by atoms with Crippen LogP contribution in [0.5, 0.6) is 0 Å². The average molecular weight is 325 g/mol. The van der Waals surface area contributed by atoms with E-state index in [-0.39, 0.29) is 12.2 Å². The third-order valence-electron chi connectivity index (χ3n) is 4.76. The van der Waals surface area contributed by atoms with Gasteiger partial charge in [0.2, 0.25) is 0 Å². The Bertz CT molecular complexity index is 699. The zero-order valence-electron chi connectivity index (χ0n) is 13.9. The fraction of sp³-hybridized carbons (Fsp3) is 0.400. The molecular weight excluding hydrogens is 302 g/mol. The molecule has 2 aromatic rings. The summed E-state index contributed by atoms with van der Waals surface area (Å²) in [6.45, 7) is 1.83. The number of carbonyl (C=O) groups is 1. The van der Waals surface area contributed by atoms with E-state index in [1.165, 1.54) is 5.56 Å². The molecule has 0 amide bonds. The van der Waals surface area contributed by atoms with Gasteiger partial charge in [0, 0.05) is 11.9 Å². The highest BCUT2D eigenvalue weighted by molar-refractivity contribution is 5.89. The largest absolute Gasteiger partial charge is 0.478 e. The van der Waals surface area contributed by atoms with Crippen LogP contribution in [0.3, 0.4) is 0 Å². The van der Waals surface area contributed by atoms with E-state index >= 15 is 0 Å². The molecule has 1 aromatic carbocycles. The molecule has 126 valence electrons. The molecule has 2 heterocycles. The highest BCUT2D eigenvalue weighted by atomic mass is 16.5. The fourth-order valence-corrected chi connectivity index (χ4v) is 3.39. The number of hydrogen-bond donors (Lipinski definition) is 1. The molecule has 1 aliphatic rings. The molecule has 4 heteroatoms. The number of ether oxygens (including phenoxy) is 1. The van der Waals surface area contributed by atoms with E-state index in [2.05, 4.69) is 17.1 Å². The second-order valence-corrected chi connectivity index (χ2v) is 6.36. The van der Waals surface area contributed by atoms with E-state index in [9.17, 15) is 9.90 Å². The van der Waals surface area contributed by atoms with Crippen molar-refractivity contribution in [3.63, 3.8) is 0 Å². The Balaban J connectivity index is 1.63. The van der Waals surface area contributed by atoms with E-state index in [1.54, 1.807) is 12.3 Å². The molecule has 0 aliphatic carbocycles. The van der Waals surface area contributed by atoms with Gasteiger partial charge in [-0.1, -0.05) is 30.3 Å². The van der Waals surface area contributed by atoms with Gasteiger partial charge >= 0.3 is 5.97 Å². The first-order chi connectivity index (χ1) is 11.6. The van der Waals surface area contributed by atoms with Crippen molar-refractivity contribution in [2.45, 2.75) is 51.2 Å². The van der Waals surface area contributed by atoms with Gasteiger partial charge in [-0.3, -0.25) is 4.98 Å². The highest BCUT2D eigenvalue weighted by Crippen LogP contribution is 2.32. The van der Waals surface area contributed by atoms with Crippen LogP contribution in [0.25, 0.3) is 0 Å². The van der Waals surface area contributed by atoms with E-state index in [1.807, 2.05) is 25.1 Å². The Morgan fingerprint density at radius 3 is 2.79 bits per heavy atom. The molecule has 3 rings (SSSR count). The molecule has 0 spiro atoms. The summed E-state index contributed by atoms with van der Waals surface area (Å²) in [5.74, 6) is -0.894. The van der Waals surface area contributed by atoms with Crippen molar-refractivity contribution in [2.75, 3.05) is 0 Å². The summed E-state index contributed by atoms with van der Waals surface area (Å²) in [5.41, 5.74) is 3.21. The van der Waals surface area contributed by atoms with Crippen LogP contribution < -0.4 is 0 Å². The molecule has 1 saturated heterocycles. The van der Waals surface area contributed by atoms with E-state index in [0.29, 0.717) is 5.56 Å². The van der Waals surface area contributed by atoms with Crippen LogP contribution >= 0.6 is 0 Å². The summed E-state index contributed by atoms with van der Waals surface area (Å²) in [6.07, 6.45) is 6.86.